The van der Waals surface area contributed by atoms with Crippen LogP contribution in [0.5, 0.6) is 0 Å². The van der Waals surface area contributed by atoms with E-state index in [0.717, 1.165) is 12.7 Å². The van der Waals surface area contributed by atoms with E-state index in [1.165, 1.54) is 19.1 Å². The predicted molar refractivity (Wildman–Crippen MR) is 94.1 cm³/mol. The molecule has 1 N–H and O–H groups in total. The van der Waals surface area contributed by atoms with Crippen molar-refractivity contribution in [2.45, 2.75) is 57.3 Å². The van der Waals surface area contributed by atoms with Crippen LogP contribution in [0.3, 0.4) is 0 Å². The number of esters is 1. The minimum Gasteiger partial charge on any atom is -0.467 e. The number of carbonyl (C=O) groups is 2. The molecule has 0 heterocycles. The first-order chi connectivity index (χ1) is 11.9. The molecule has 8 nitrogen and oxygen atoms in total. The first-order valence-electron chi connectivity index (χ1n) is 7.93. The molecule has 1 amide bonds. The van der Waals surface area contributed by atoms with E-state index in [4.69, 9.17) is 8.92 Å². The molecule has 0 saturated heterocycles. The predicted octanol–water partition coefficient (Wildman–Crippen LogP) is 2.16. The second-order valence-corrected chi connectivity index (χ2v) is 8.29. The highest BCUT2D eigenvalue weighted by atomic mass is 32.2. The molecule has 0 aromatic heterocycles. The normalized spacial score (nSPS) is 14.2. The van der Waals surface area contributed by atoms with E-state index in [0.29, 0.717) is 0 Å². The van der Waals surface area contributed by atoms with Gasteiger partial charge in [-0.05, 0) is 46.8 Å². The van der Waals surface area contributed by atoms with E-state index < -0.39 is 39.9 Å². The second-order valence-electron chi connectivity index (χ2n) is 6.72. The highest BCUT2D eigenvalue weighted by Gasteiger charge is 2.34. The third-order valence-electron chi connectivity index (χ3n) is 3.18. The summed E-state index contributed by atoms with van der Waals surface area (Å²) < 4.78 is 39.5. The molecule has 1 rings (SSSR count). The molecule has 26 heavy (non-hydrogen) atoms. The first kappa shape index (κ1) is 21.9. The van der Waals surface area contributed by atoms with E-state index in [1.807, 2.05) is 6.92 Å². The Morgan fingerprint density at radius 1 is 1.12 bits per heavy atom. The van der Waals surface area contributed by atoms with E-state index in [9.17, 15) is 18.0 Å². The highest BCUT2D eigenvalue weighted by Crippen LogP contribution is 2.17. The van der Waals surface area contributed by atoms with Gasteiger partial charge in [0.15, 0.2) is 6.04 Å². The number of ether oxygens (including phenoxy) is 2. The van der Waals surface area contributed by atoms with Crippen LogP contribution in [-0.2, 0) is 28.6 Å². The van der Waals surface area contributed by atoms with Crippen molar-refractivity contribution < 1.29 is 31.7 Å². The number of alkyl carbamates (subject to hydrolysis) is 1. The maximum Gasteiger partial charge on any atom is 0.408 e. The summed E-state index contributed by atoms with van der Waals surface area (Å²) in [6.45, 7) is 8.12. The molecule has 0 saturated carbocycles. The lowest BCUT2D eigenvalue weighted by atomic mass is 10.2. The molecule has 0 aliphatic heterocycles. The largest absolute Gasteiger partial charge is 0.467 e. The lowest BCUT2D eigenvalue weighted by Crippen LogP contribution is -2.51. The summed E-state index contributed by atoms with van der Waals surface area (Å²) in [5, 5.41) is 2.28. The molecule has 0 bridgehead atoms. The fraction of sp³-hybridized carbons (Fsp3) is 0.529. The standard InChI is InChI=1S/C17H25NO7S/c1-11-7-9-13(10-8-11)26(21,22)25-12(2)14(15(19)23-6)18-16(20)24-17(3,4)5/h7-10,12,14H,1-6H3,(H,18,20)/t12-,14-/m0/s1. The number of aryl methyl sites for hydroxylation is 1. The van der Waals surface area contributed by atoms with Crippen molar-refractivity contribution in [1.82, 2.24) is 5.32 Å². The van der Waals surface area contributed by atoms with E-state index >= 15 is 0 Å². The van der Waals surface area contributed by atoms with Crippen LogP contribution in [0.1, 0.15) is 33.3 Å². The molecule has 2 atom stereocenters. The van der Waals surface area contributed by atoms with Gasteiger partial charge in [0, 0.05) is 0 Å². The van der Waals surface area contributed by atoms with Crippen LogP contribution in [0.15, 0.2) is 29.2 Å². The maximum atomic E-state index is 12.4. The summed E-state index contributed by atoms with van der Waals surface area (Å²) >= 11 is 0. The van der Waals surface area contributed by atoms with Crippen molar-refractivity contribution in [3.05, 3.63) is 29.8 Å². The Labute approximate surface area is 153 Å². The third kappa shape index (κ3) is 6.64. The quantitative estimate of drug-likeness (QED) is 0.588. The van der Waals surface area contributed by atoms with Crippen molar-refractivity contribution in [3.63, 3.8) is 0 Å². The Morgan fingerprint density at radius 2 is 1.65 bits per heavy atom. The number of carbonyl (C=O) groups excluding carboxylic acids is 2. The SMILES string of the molecule is COC(=O)[C@@H](NC(=O)OC(C)(C)C)[C@H](C)OS(=O)(=O)c1ccc(C)cc1. The van der Waals surface area contributed by atoms with Gasteiger partial charge in [-0.3, -0.25) is 4.18 Å². The lowest BCUT2D eigenvalue weighted by molar-refractivity contribution is -0.145. The van der Waals surface area contributed by atoms with Gasteiger partial charge in [0.2, 0.25) is 0 Å². The number of hydrogen-bond donors (Lipinski definition) is 1. The van der Waals surface area contributed by atoms with Crippen molar-refractivity contribution in [1.29, 1.82) is 0 Å². The van der Waals surface area contributed by atoms with Crippen LogP contribution < -0.4 is 5.32 Å². The van der Waals surface area contributed by atoms with Crippen molar-refractivity contribution in [2.75, 3.05) is 7.11 Å². The molecule has 0 fully saturated rings. The molecule has 0 spiro atoms. The van der Waals surface area contributed by atoms with Crippen LogP contribution in [0.2, 0.25) is 0 Å². The van der Waals surface area contributed by atoms with Gasteiger partial charge >= 0.3 is 12.1 Å². The molecular formula is C17H25NO7S. The molecule has 1 aromatic rings. The second kappa shape index (κ2) is 8.50. The number of hydrogen-bond acceptors (Lipinski definition) is 7. The van der Waals surface area contributed by atoms with Crippen molar-refractivity contribution in [3.8, 4) is 0 Å². The summed E-state index contributed by atoms with van der Waals surface area (Å²) in [4.78, 5) is 23.8. The van der Waals surface area contributed by atoms with Crippen molar-refractivity contribution >= 4 is 22.2 Å². The minimum absolute atomic E-state index is 0.0594. The molecule has 0 aliphatic rings. The molecular weight excluding hydrogens is 362 g/mol. The molecule has 0 aliphatic carbocycles. The minimum atomic E-state index is -4.13. The zero-order chi connectivity index (χ0) is 20.1. The molecule has 146 valence electrons. The zero-order valence-corrected chi connectivity index (χ0v) is 16.5. The van der Waals surface area contributed by atoms with Gasteiger partial charge in [-0.2, -0.15) is 8.42 Å². The van der Waals surface area contributed by atoms with Crippen LogP contribution in [0.4, 0.5) is 4.79 Å². The summed E-state index contributed by atoms with van der Waals surface area (Å²) in [6, 6.07) is 4.67. The average molecular weight is 387 g/mol. The number of nitrogens with one attached hydrogen (secondary N) is 1. The first-order valence-corrected chi connectivity index (χ1v) is 9.34. The topological polar surface area (TPSA) is 108 Å². The maximum absolute atomic E-state index is 12.4. The van der Waals surface area contributed by atoms with Crippen LogP contribution in [-0.4, -0.2) is 45.3 Å². The van der Waals surface area contributed by atoms with Gasteiger partial charge in [0.25, 0.3) is 10.1 Å². The molecule has 0 radical (unpaired) electrons. The zero-order valence-electron chi connectivity index (χ0n) is 15.7. The Bertz CT molecular complexity index is 735. The molecule has 1 aromatic carbocycles. The fourth-order valence-electron chi connectivity index (χ4n) is 1.95. The monoisotopic (exact) mass is 387 g/mol. The van der Waals surface area contributed by atoms with Gasteiger partial charge in [0.1, 0.15) is 11.7 Å². The fourth-order valence-corrected chi connectivity index (χ4v) is 3.04. The Kier molecular flexibility index (Phi) is 7.16. The Morgan fingerprint density at radius 3 is 2.12 bits per heavy atom. The van der Waals surface area contributed by atoms with Gasteiger partial charge in [-0.15, -0.1) is 0 Å². The van der Waals surface area contributed by atoms with E-state index in [2.05, 4.69) is 10.1 Å². The number of benzene rings is 1. The lowest BCUT2D eigenvalue weighted by Gasteiger charge is -2.25. The van der Waals surface area contributed by atoms with Crippen LogP contribution in [0, 0.1) is 6.92 Å². The van der Waals surface area contributed by atoms with Crippen LogP contribution in [0.25, 0.3) is 0 Å². The Balaban J connectivity index is 2.95. The number of amides is 1. The average Bonchev–Trinajstić information content (AvgIpc) is 2.50. The Hall–Kier alpha value is -2.13. The van der Waals surface area contributed by atoms with Crippen LogP contribution >= 0.6 is 0 Å². The van der Waals surface area contributed by atoms with E-state index in [-0.39, 0.29) is 4.90 Å². The van der Waals surface area contributed by atoms with Gasteiger partial charge in [-0.25, -0.2) is 9.59 Å². The molecule has 9 heteroatoms. The van der Waals surface area contributed by atoms with Gasteiger partial charge in [0.05, 0.1) is 12.0 Å². The van der Waals surface area contributed by atoms with Crippen molar-refractivity contribution in [2.24, 2.45) is 0 Å². The molecule has 0 unspecified atom stereocenters. The summed E-state index contributed by atoms with van der Waals surface area (Å²) in [6.07, 6.45) is -2.11. The summed E-state index contributed by atoms with van der Waals surface area (Å²) in [7, 11) is -3.02. The summed E-state index contributed by atoms with van der Waals surface area (Å²) in [5.41, 5.74) is 0.0963. The number of methoxy groups -OCH3 is 1. The summed E-state index contributed by atoms with van der Waals surface area (Å²) in [5.74, 6) is -0.859. The number of rotatable bonds is 6. The van der Waals surface area contributed by atoms with E-state index in [1.54, 1.807) is 32.9 Å². The third-order valence-corrected chi connectivity index (χ3v) is 4.59. The van der Waals surface area contributed by atoms with Gasteiger partial charge in [-0.1, -0.05) is 17.7 Å². The highest BCUT2D eigenvalue weighted by molar-refractivity contribution is 7.86. The van der Waals surface area contributed by atoms with Gasteiger partial charge < -0.3 is 14.8 Å². The smallest absolute Gasteiger partial charge is 0.408 e.